The van der Waals surface area contributed by atoms with Crippen LogP contribution < -0.4 is 5.32 Å². The highest BCUT2D eigenvalue weighted by Crippen LogP contribution is 2.22. The molecule has 0 aliphatic carbocycles. The van der Waals surface area contributed by atoms with E-state index in [0.29, 0.717) is 38.5 Å². The van der Waals surface area contributed by atoms with Gasteiger partial charge in [0.2, 0.25) is 0 Å². The van der Waals surface area contributed by atoms with Gasteiger partial charge in [0.05, 0.1) is 19.8 Å². The standard InChI is InChI=1S/C42H84N2O5/c1-4-7-10-13-14-15-16-25-38-48-41(46)30-22-18-24-34-44(36-37-45)35-26-33-43-32-23-17-21-29-42(47)49-39-31-40(27-19-11-8-5-2)28-20-12-9-6-3/h40,43,45H,4-39H2,1-3H3. The first-order valence-electron chi connectivity index (χ1n) is 21.4. The van der Waals surface area contributed by atoms with Crippen LogP contribution in [0.2, 0.25) is 0 Å². The first-order valence-corrected chi connectivity index (χ1v) is 21.4. The van der Waals surface area contributed by atoms with Crippen molar-refractivity contribution >= 4 is 11.9 Å². The molecule has 0 spiro atoms. The van der Waals surface area contributed by atoms with Gasteiger partial charge in [0.25, 0.3) is 0 Å². The smallest absolute Gasteiger partial charge is 0.305 e. The molecule has 0 heterocycles. The van der Waals surface area contributed by atoms with Crippen LogP contribution in [0.5, 0.6) is 0 Å². The highest BCUT2D eigenvalue weighted by Gasteiger charge is 2.11. The summed E-state index contributed by atoms with van der Waals surface area (Å²) in [5.74, 6) is 0.628. The van der Waals surface area contributed by atoms with Gasteiger partial charge in [-0.05, 0) is 77.0 Å². The van der Waals surface area contributed by atoms with Crippen LogP contribution in [0, 0.1) is 5.92 Å². The monoisotopic (exact) mass is 697 g/mol. The maximum absolute atomic E-state index is 12.3. The first kappa shape index (κ1) is 47.8. The average molecular weight is 697 g/mol. The number of ether oxygens (including phenoxy) is 2. The quantitative estimate of drug-likeness (QED) is 0.0487. The van der Waals surface area contributed by atoms with Gasteiger partial charge in [0, 0.05) is 19.4 Å². The summed E-state index contributed by atoms with van der Waals surface area (Å²) in [4.78, 5) is 26.6. The third kappa shape index (κ3) is 36.4. The van der Waals surface area contributed by atoms with Gasteiger partial charge in [-0.3, -0.25) is 9.59 Å². The number of aliphatic hydroxyl groups is 1. The molecule has 0 aliphatic heterocycles. The Morgan fingerprint density at radius 3 is 1.57 bits per heavy atom. The van der Waals surface area contributed by atoms with Gasteiger partial charge in [-0.15, -0.1) is 0 Å². The number of aliphatic hydroxyl groups excluding tert-OH is 1. The molecule has 0 aromatic carbocycles. The normalized spacial score (nSPS) is 11.6. The van der Waals surface area contributed by atoms with Crippen LogP contribution in [0.25, 0.3) is 0 Å². The van der Waals surface area contributed by atoms with Crippen LogP contribution in [0.15, 0.2) is 0 Å². The molecule has 0 aromatic heterocycles. The Kier molecular flexibility index (Phi) is 38.6. The zero-order valence-electron chi connectivity index (χ0n) is 33.1. The van der Waals surface area contributed by atoms with Crippen LogP contribution in [0.3, 0.4) is 0 Å². The maximum atomic E-state index is 12.3. The van der Waals surface area contributed by atoms with E-state index < -0.39 is 0 Å². The summed E-state index contributed by atoms with van der Waals surface area (Å²) in [6.07, 6.45) is 32.2. The van der Waals surface area contributed by atoms with Crippen LogP contribution in [-0.4, -0.2) is 74.5 Å². The number of hydrogen-bond donors (Lipinski definition) is 2. The third-order valence-electron chi connectivity index (χ3n) is 9.82. The molecule has 0 unspecified atom stereocenters. The molecule has 0 rings (SSSR count). The van der Waals surface area contributed by atoms with Crippen LogP contribution in [0.1, 0.15) is 201 Å². The van der Waals surface area contributed by atoms with Gasteiger partial charge in [-0.2, -0.15) is 0 Å². The van der Waals surface area contributed by atoms with Gasteiger partial charge < -0.3 is 24.8 Å². The van der Waals surface area contributed by atoms with Gasteiger partial charge in [0.1, 0.15) is 0 Å². The minimum atomic E-state index is -0.0542. The summed E-state index contributed by atoms with van der Waals surface area (Å²) in [5.41, 5.74) is 0. The number of carbonyl (C=O) groups is 2. The number of nitrogens with zero attached hydrogens (tertiary/aromatic N) is 1. The summed E-state index contributed by atoms with van der Waals surface area (Å²) in [5, 5.41) is 13.0. The van der Waals surface area contributed by atoms with Gasteiger partial charge in [-0.1, -0.05) is 143 Å². The van der Waals surface area contributed by atoms with Crippen LogP contribution in [-0.2, 0) is 19.1 Å². The van der Waals surface area contributed by atoms with Crippen molar-refractivity contribution in [2.45, 2.75) is 201 Å². The third-order valence-corrected chi connectivity index (χ3v) is 9.82. The summed E-state index contributed by atoms with van der Waals surface area (Å²) >= 11 is 0. The second-order valence-corrected chi connectivity index (χ2v) is 14.6. The number of hydrogen-bond acceptors (Lipinski definition) is 7. The van der Waals surface area contributed by atoms with E-state index >= 15 is 0 Å². The average Bonchev–Trinajstić information content (AvgIpc) is 3.09. The zero-order chi connectivity index (χ0) is 35.9. The molecular weight excluding hydrogens is 612 g/mol. The zero-order valence-corrected chi connectivity index (χ0v) is 33.1. The van der Waals surface area contributed by atoms with Gasteiger partial charge in [0.15, 0.2) is 0 Å². The van der Waals surface area contributed by atoms with Crippen molar-refractivity contribution in [2.75, 3.05) is 52.5 Å². The Labute approximate surface area is 304 Å². The highest BCUT2D eigenvalue weighted by molar-refractivity contribution is 5.69. The van der Waals surface area contributed by atoms with E-state index in [2.05, 4.69) is 31.0 Å². The molecule has 49 heavy (non-hydrogen) atoms. The van der Waals surface area contributed by atoms with Gasteiger partial charge in [-0.25, -0.2) is 0 Å². The first-order chi connectivity index (χ1) is 24.1. The molecule has 0 amide bonds. The Morgan fingerprint density at radius 1 is 0.510 bits per heavy atom. The molecule has 0 bridgehead atoms. The minimum Gasteiger partial charge on any atom is -0.466 e. The lowest BCUT2D eigenvalue weighted by Crippen LogP contribution is -2.31. The second kappa shape index (κ2) is 39.6. The molecule has 0 saturated carbocycles. The van der Waals surface area contributed by atoms with E-state index in [-0.39, 0.29) is 18.5 Å². The number of carbonyl (C=O) groups excluding carboxylic acids is 2. The van der Waals surface area contributed by atoms with E-state index in [1.807, 2.05) is 0 Å². The molecule has 0 aliphatic rings. The van der Waals surface area contributed by atoms with Crippen molar-refractivity contribution < 1.29 is 24.2 Å². The lowest BCUT2D eigenvalue weighted by atomic mass is 9.92. The molecule has 0 aromatic rings. The highest BCUT2D eigenvalue weighted by atomic mass is 16.5. The summed E-state index contributed by atoms with van der Waals surface area (Å²) in [6, 6.07) is 0. The van der Waals surface area contributed by atoms with Crippen molar-refractivity contribution in [3.8, 4) is 0 Å². The maximum Gasteiger partial charge on any atom is 0.305 e. The van der Waals surface area contributed by atoms with Gasteiger partial charge >= 0.3 is 11.9 Å². The fourth-order valence-corrected chi connectivity index (χ4v) is 6.57. The predicted octanol–water partition coefficient (Wildman–Crippen LogP) is 10.6. The molecular formula is C42H84N2O5. The Hall–Kier alpha value is -1.18. The summed E-state index contributed by atoms with van der Waals surface area (Å²) < 4.78 is 11.0. The lowest BCUT2D eigenvalue weighted by Gasteiger charge is -2.21. The number of rotatable bonds is 40. The molecule has 0 radical (unpaired) electrons. The number of esters is 2. The van der Waals surface area contributed by atoms with E-state index in [9.17, 15) is 14.7 Å². The Bertz CT molecular complexity index is 680. The second-order valence-electron chi connectivity index (χ2n) is 14.6. The molecule has 7 heteroatoms. The molecule has 292 valence electrons. The fraction of sp³-hybridized carbons (Fsp3) is 0.952. The summed E-state index contributed by atoms with van der Waals surface area (Å²) in [7, 11) is 0. The van der Waals surface area contributed by atoms with Crippen molar-refractivity contribution in [1.29, 1.82) is 0 Å². The molecule has 2 N–H and O–H groups in total. The Balaban J connectivity index is 3.76. The van der Waals surface area contributed by atoms with Crippen LogP contribution >= 0.6 is 0 Å². The fourth-order valence-electron chi connectivity index (χ4n) is 6.57. The van der Waals surface area contributed by atoms with Crippen molar-refractivity contribution in [3.63, 3.8) is 0 Å². The topological polar surface area (TPSA) is 88.1 Å². The SMILES string of the molecule is CCCCCCCCCCOC(=O)CCCCCN(CCO)CCCNCCCCCC(=O)OCCC(CCCCCC)CCCCCC. The van der Waals surface area contributed by atoms with E-state index in [0.717, 1.165) is 90.4 Å². The summed E-state index contributed by atoms with van der Waals surface area (Å²) in [6.45, 7) is 12.7. The molecule has 0 saturated heterocycles. The van der Waals surface area contributed by atoms with Crippen molar-refractivity contribution in [1.82, 2.24) is 10.2 Å². The molecule has 7 nitrogen and oxygen atoms in total. The van der Waals surface area contributed by atoms with Crippen molar-refractivity contribution in [3.05, 3.63) is 0 Å². The largest absolute Gasteiger partial charge is 0.466 e. The van der Waals surface area contributed by atoms with Crippen LogP contribution in [0.4, 0.5) is 0 Å². The number of nitrogens with one attached hydrogen (secondary N) is 1. The molecule has 0 atom stereocenters. The van der Waals surface area contributed by atoms with E-state index in [4.69, 9.17) is 9.47 Å². The van der Waals surface area contributed by atoms with Crippen molar-refractivity contribution in [2.24, 2.45) is 5.92 Å². The van der Waals surface area contributed by atoms with E-state index in [1.165, 1.54) is 103 Å². The lowest BCUT2D eigenvalue weighted by molar-refractivity contribution is -0.145. The number of unbranched alkanes of at least 4 members (excludes halogenated alkanes) is 17. The predicted molar refractivity (Wildman–Crippen MR) is 208 cm³/mol. The van der Waals surface area contributed by atoms with E-state index in [1.54, 1.807) is 0 Å². The minimum absolute atomic E-state index is 0.0262. The Morgan fingerprint density at radius 2 is 0.980 bits per heavy atom. The molecule has 0 fully saturated rings.